The molecule has 0 radical (unpaired) electrons. The van der Waals surface area contributed by atoms with E-state index < -0.39 is 0 Å². The van der Waals surface area contributed by atoms with Gasteiger partial charge in [-0.25, -0.2) is 4.98 Å². The molecule has 1 aromatic heterocycles. The number of ether oxygens (including phenoxy) is 1. The number of aryl methyl sites for hydroxylation is 1. The number of methoxy groups -OCH3 is 1. The summed E-state index contributed by atoms with van der Waals surface area (Å²) in [6, 6.07) is 21.9. The molecule has 0 aliphatic carbocycles. The molecule has 4 aromatic rings. The smallest absolute Gasteiger partial charge is 0.133 e. The van der Waals surface area contributed by atoms with E-state index in [4.69, 9.17) is 32.9 Å². The monoisotopic (exact) mass is 434 g/mol. The van der Waals surface area contributed by atoms with Crippen LogP contribution in [0.15, 0.2) is 72.9 Å². The molecule has 150 valence electrons. The summed E-state index contributed by atoms with van der Waals surface area (Å²) in [5.74, 6) is 1.70. The lowest BCUT2D eigenvalue weighted by molar-refractivity contribution is 0.415. The van der Waals surface area contributed by atoms with Crippen molar-refractivity contribution in [3.8, 4) is 28.1 Å². The molecule has 0 bridgehead atoms. The molecule has 30 heavy (non-hydrogen) atoms. The minimum Gasteiger partial charge on any atom is -0.497 e. The van der Waals surface area contributed by atoms with Crippen molar-refractivity contribution >= 4 is 35.4 Å². The van der Waals surface area contributed by atoms with Gasteiger partial charge in [0, 0.05) is 23.8 Å². The fourth-order valence-corrected chi connectivity index (χ4v) is 3.71. The van der Waals surface area contributed by atoms with Crippen molar-refractivity contribution in [3.05, 3.63) is 94.4 Å². The number of aromatic nitrogens is 2. The Kier molecular flexibility index (Phi) is 5.93. The minimum atomic E-state index is 0.588. The van der Waals surface area contributed by atoms with Gasteiger partial charge in [0.2, 0.25) is 0 Å². The van der Waals surface area contributed by atoms with Crippen LogP contribution in [0.4, 0.5) is 0 Å². The molecule has 0 spiro atoms. The van der Waals surface area contributed by atoms with Crippen LogP contribution >= 0.6 is 23.2 Å². The number of nitrogens with zero attached hydrogens (tertiary/aromatic N) is 2. The third-order valence-corrected chi connectivity index (χ3v) is 5.43. The zero-order chi connectivity index (χ0) is 21.1. The number of rotatable bonds is 5. The van der Waals surface area contributed by atoms with Gasteiger partial charge in [-0.15, -0.1) is 0 Å². The summed E-state index contributed by atoms with van der Waals surface area (Å²) in [5, 5.41) is 1.20. The summed E-state index contributed by atoms with van der Waals surface area (Å²) in [6.07, 6.45) is 6.00. The maximum atomic E-state index is 6.32. The quantitative estimate of drug-likeness (QED) is 0.330. The van der Waals surface area contributed by atoms with Crippen molar-refractivity contribution in [2.75, 3.05) is 7.11 Å². The molecule has 3 nitrogen and oxygen atoms in total. The molecule has 0 saturated carbocycles. The number of hydrogen-bond donors (Lipinski definition) is 0. The summed E-state index contributed by atoms with van der Waals surface area (Å²) in [4.78, 5) is 4.70. The van der Waals surface area contributed by atoms with Crippen LogP contribution in [0.5, 0.6) is 5.75 Å². The SMILES string of the molecule is COc1ccc(-c2ccc(/C=C/c3nc(-c4ccc(Cl)cc4Cl)cn3C)cc2)cc1. The Morgan fingerprint density at radius 1 is 0.867 bits per heavy atom. The first-order chi connectivity index (χ1) is 14.5. The molecule has 5 heteroatoms. The maximum Gasteiger partial charge on any atom is 0.133 e. The zero-order valence-corrected chi connectivity index (χ0v) is 18.2. The highest BCUT2D eigenvalue weighted by molar-refractivity contribution is 6.36. The third-order valence-electron chi connectivity index (χ3n) is 4.88. The second kappa shape index (κ2) is 8.78. The molecule has 0 fully saturated rings. The number of hydrogen-bond acceptors (Lipinski definition) is 2. The van der Waals surface area contributed by atoms with Crippen molar-refractivity contribution in [1.82, 2.24) is 9.55 Å². The highest BCUT2D eigenvalue weighted by atomic mass is 35.5. The Morgan fingerprint density at radius 2 is 1.53 bits per heavy atom. The fourth-order valence-electron chi connectivity index (χ4n) is 3.20. The van der Waals surface area contributed by atoms with E-state index in [1.807, 2.05) is 54.2 Å². The lowest BCUT2D eigenvalue weighted by Crippen LogP contribution is -1.88. The van der Waals surface area contributed by atoms with Crippen molar-refractivity contribution in [3.63, 3.8) is 0 Å². The predicted molar refractivity (Wildman–Crippen MR) is 126 cm³/mol. The first-order valence-electron chi connectivity index (χ1n) is 9.45. The first kappa shape index (κ1) is 20.3. The van der Waals surface area contributed by atoms with Crippen LogP contribution in [0.2, 0.25) is 10.0 Å². The van der Waals surface area contributed by atoms with Gasteiger partial charge >= 0.3 is 0 Å². The van der Waals surface area contributed by atoms with E-state index in [1.165, 1.54) is 0 Å². The fraction of sp³-hybridized carbons (Fsp3) is 0.0800. The van der Waals surface area contributed by atoms with Crippen LogP contribution in [0.1, 0.15) is 11.4 Å². The average molecular weight is 435 g/mol. The van der Waals surface area contributed by atoms with Gasteiger partial charge in [-0.2, -0.15) is 0 Å². The van der Waals surface area contributed by atoms with Gasteiger partial charge in [0.25, 0.3) is 0 Å². The molecule has 4 rings (SSSR count). The molecule has 0 aliphatic rings. The molecule has 0 amide bonds. The van der Waals surface area contributed by atoms with Crippen LogP contribution in [0.3, 0.4) is 0 Å². The van der Waals surface area contributed by atoms with Gasteiger partial charge in [-0.1, -0.05) is 65.7 Å². The third kappa shape index (κ3) is 4.43. The maximum absolute atomic E-state index is 6.32. The van der Waals surface area contributed by atoms with Crippen LogP contribution in [-0.2, 0) is 7.05 Å². The van der Waals surface area contributed by atoms with Crippen molar-refractivity contribution < 1.29 is 4.74 Å². The molecule has 3 aromatic carbocycles. The molecule has 1 heterocycles. The lowest BCUT2D eigenvalue weighted by atomic mass is 10.0. The van der Waals surface area contributed by atoms with E-state index in [2.05, 4.69) is 36.4 Å². The normalized spacial score (nSPS) is 11.2. The highest BCUT2D eigenvalue weighted by Crippen LogP contribution is 2.30. The standard InChI is InChI=1S/C25H20Cl2N2O/c1-29-16-24(22-13-10-20(26)15-23(22)27)28-25(29)14-5-17-3-6-18(7-4-17)19-8-11-21(30-2)12-9-19/h3-16H,1-2H3/b14-5+. The molecule has 0 N–H and O–H groups in total. The molecular weight excluding hydrogens is 415 g/mol. The van der Waals surface area contributed by atoms with Gasteiger partial charge in [-0.05, 0) is 53.1 Å². The van der Waals surface area contributed by atoms with Gasteiger partial charge in [0.1, 0.15) is 11.6 Å². The summed E-state index contributed by atoms with van der Waals surface area (Å²) >= 11 is 12.3. The van der Waals surface area contributed by atoms with Crippen molar-refractivity contribution in [2.24, 2.45) is 7.05 Å². The summed E-state index contributed by atoms with van der Waals surface area (Å²) in [6.45, 7) is 0. The van der Waals surface area contributed by atoms with E-state index in [0.717, 1.165) is 39.5 Å². The van der Waals surface area contributed by atoms with E-state index in [1.54, 1.807) is 13.2 Å². The van der Waals surface area contributed by atoms with Crippen molar-refractivity contribution in [2.45, 2.75) is 0 Å². The van der Waals surface area contributed by atoms with Crippen LogP contribution in [0, 0.1) is 0 Å². The second-order valence-corrected chi connectivity index (χ2v) is 7.75. The molecular formula is C25H20Cl2N2O. The molecule has 0 atom stereocenters. The van der Waals surface area contributed by atoms with E-state index in [-0.39, 0.29) is 0 Å². The first-order valence-corrected chi connectivity index (χ1v) is 10.2. The summed E-state index contributed by atoms with van der Waals surface area (Å²) in [5.41, 5.74) is 5.08. The largest absolute Gasteiger partial charge is 0.497 e. The highest BCUT2D eigenvalue weighted by Gasteiger charge is 2.09. The second-order valence-electron chi connectivity index (χ2n) is 6.90. The number of halogens is 2. The Morgan fingerprint density at radius 3 is 2.17 bits per heavy atom. The minimum absolute atomic E-state index is 0.588. The Balaban J connectivity index is 1.53. The number of imidazole rings is 1. The summed E-state index contributed by atoms with van der Waals surface area (Å²) < 4.78 is 7.19. The van der Waals surface area contributed by atoms with Crippen LogP contribution in [0.25, 0.3) is 34.5 Å². The topological polar surface area (TPSA) is 27.1 Å². The van der Waals surface area contributed by atoms with E-state index in [9.17, 15) is 0 Å². The lowest BCUT2D eigenvalue weighted by Gasteiger charge is -2.04. The Hall–Kier alpha value is -3.01. The number of benzene rings is 3. The summed E-state index contributed by atoms with van der Waals surface area (Å²) in [7, 11) is 3.64. The van der Waals surface area contributed by atoms with Crippen LogP contribution in [-0.4, -0.2) is 16.7 Å². The molecule has 0 unspecified atom stereocenters. The van der Waals surface area contributed by atoms with Gasteiger partial charge in [0.05, 0.1) is 17.8 Å². The van der Waals surface area contributed by atoms with E-state index >= 15 is 0 Å². The molecule has 0 saturated heterocycles. The average Bonchev–Trinajstić information content (AvgIpc) is 3.13. The Bertz CT molecular complexity index is 1190. The van der Waals surface area contributed by atoms with Gasteiger partial charge in [0.15, 0.2) is 0 Å². The van der Waals surface area contributed by atoms with E-state index in [0.29, 0.717) is 10.0 Å². The predicted octanol–water partition coefficient (Wildman–Crippen LogP) is 7.24. The Labute approximate surface area is 186 Å². The zero-order valence-electron chi connectivity index (χ0n) is 16.6. The molecule has 0 aliphatic heterocycles. The van der Waals surface area contributed by atoms with Gasteiger partial charge in [-0.3, -0.25) is 0 Å². The van der Waals surface area contributed by atoms with Gasteiger partial charge < -0.3 is 9.30 Å². The van der Waals surface area contributed by atoms with Crippen molar-refractivity contribution in [1.29, 1.82) is 0 Å². The van der Waals surface area contributed by atoms with Crippen LogP contribution < -0.4 is 4.74 Å².